The Morgan fingerprint density at radius 1 is 1.41 bits per heavy atom. The standard InChI is InChI=1S/C9H7BrF3NO3/c1-16-8(15)6-4(10)2-3-5(14)7(6)17-9(11,12)13/h2-3H,14H2,1H3. The van der Waals surface area contributed by atoms with E-state index >= 15 is 0 Å². The van der Waals surface area contributed by atoms with Crippen molar-refractivity contribution in [2.45, 2.75) is 6.36 Å². The van der Waals surface area contributed by atoms with E-state index in [1.165, 1.54) is 12.1 Å². The molecule has 2 N–H and O–H groups in total. The number of esters is 1. The van der Waals surface area contributed by atoms with Gasteiger partial charge in [0.05, 0.1) is 12.8 Å². The number of anilines is 1. The van der Waals surface area contributed by atoms with Gasteiger partial charge in [-0.3, -0.25) is 0 Å². The van der Waals surface area contributed by atoms with Crippen LogP contribution >= 0.6 is 15.9 Å². The molecule has 0 saturated carbocycles. The fourth-order valence-electron chi connectivity index (χ4n) is 1.09. The van der Waals surface area contributed by atoms with Gasteiger partial charge in [0.15, 0.2) is 5.75 Å². The van der Waals surface area contributed by atoms with Crippen molar-refractivity contribution in [1.82, 2.24) is 0 Å². The number of alkyl halides is 3. The second-order valence-electron chi connectivity index (χ2n) is 2.88. The molecule has 0 aliphatic rings. The minimum absolute atomic E-state index is 0.0952. The van der Waals surface area contributed by atoms with Crippen LogP contribution in [0.15, 0.2) is 16.6 Å². The zero-order chi connectivity index (χ0) is 13.2. The predicted molar refractivity (Wildman–Crippen MR) is 56.6 cm³/mol. The number of benzene rings is 1. The summed E-state index contributed by atoms with van der Waals surface area (Å²) in [7, 11) is 1.04. The number of hydrogen-bond acceptors (Lipinski definition) is 4. The zero-order valence-electron chi connectivity index (χ0n) is 8.47. The SMILES string of the molecule is COC(=O)c1c(Br)ccc(N)c1OC(F)(F)F. The van der Waals surface area contributed by atoms with Crippen molar-refractivity contribution in [3.63, 3.8) is 0 Å². The van der Waals surface area contributed by atoms with E-state index in [1.54, 1.807) is 0 Å². The van der Waals surface area contributed by atoms with E-state index in [0.717, 1.165) is 7.11 Å². The average Bonchev–Trinajstić information content (AvgIpc) is 2.21. The maximum atomic E-state index is 12.2. The molecule has 0 fully saturated rings. The summed E-state index contributed by atoms with van der Waals surface area (Å²) in [6, 6.07) is 2.50. The fourth-order valence-corrected chi connectivity index (χ4v) is 1.57. The highest BCUT2D eigenvalue weighted by atomic mass is 79.9. The van der Waals surface area contributed by atoms with Crippen LogP contribution in [-0.2, 0) is 4.74 Å². The molecule has 0 atom stereocenters. The lowest BCUT2D eigenvalue weighted by molar-refractivity contribution is -0.274. The Morgan fingerprint density at radius 3 is 2.47 bits per heavy atom. The van der Waals surface area contributed by atoms with Crippen molar-refractivity contribution in [1.29, 1.82) is 0 Å². The number of rotatable bonds is 2. The van der Waals surface area contributed by atoms with Crippen LogP contribution in [0.25, 0.3) is 0 Å². The Balaban J connectivity index is 3.35. The fraction of sp³-hybridized carbons (Fsp3) is 0.222. The third-order valence-electron chi connectivity index (χ3n) is 1.74. The average molecular weight is 314 g/mol. The van der Waals surface area contributed by atoms with Crippen LogP contribution < -0.4 is 10.5 Å². The minimum atomic E-state index is -4.95. The Labute approximate surface area is 103 Å². The molecular formula is C9H7BrF3NO3. The minimum Gasteiger partial charge on any atom is -0.465 e. The van der Waals surface area contributed by atoms with Gasteiger partial charge in [0, 0.05) is 4.47 Å². The topological polar surface area (TPSA) is 61.5 Å². The number of carbonyl (C=O) groups excluding carboxylic acids is 1. The molecule has 0 radical (unpaired) electrons. The monoisotopic (exact) mass is 313 g/mol. The van der Waals surface area contributed by atoms with Crippen molar-refractivity contribution in [3.05, 3.63) is 22.2 Å². The van der Waals surface area contributed by atoms with Crippen molar-refractivity contribution >= 4 is 27.6 Å². The molecule has 4 nitrogen and oxygen atoms in total. The van der Waals surface area contributed by atoms with Crippen LogP contribution in [0.1, 0.15) is 10.4 Å². The van der Waals surface area contributed by atoms with Gasteiger partial charge in [-0.1, -0.05) is 0 Å². The molecule has 1 rings (SSSR count). The normalized spacial score (nSPS) is 11.1. The highest BCUT2D eigenvalue weighted by molar-refractivity contribution is 9.10. The molecule has 0 saturated heterocycles. The van der Waals surface area contributed by atoms with Crippen LogP contribution in [0.2, 0.25) is 0 Å². The van der Waals surface area contributed by atoms with Crippen LogP contribution in [0.4, 0.5) is 18.9 Å². The van der Waals surface area contributed by atoms with Gasteiger partial charge in [-0.25, -0.2) is 4.79 Å². The van der Waals surface area contributed by atoms with Crippen LogP contribution in [0, 0.1) is 0 Å². The second-order valence-corrected chi connectivity index (χ2v) is 3.73. The summed E-state index contributed by atoms with van der Waals surface area (Å²) >= 11 is 2.93. The highest BCUT2D eigenvalue weighted by Gasteiger charge is 2.35. The lowest BCUT2D eigenvalue weighted by Crippen LogP contribution is -2.20. The van der Waals surface area contributed by atoms with Gasteiger partial charge in [0.25, 0.3) is 0 Å². The molecule has 0 spiro atoms. The lowest BCUT2D eigenvalue weighted by Gasteiger charge is -2.15. The maximum absolute atomic E-state index is 12.2. The molecular weight excluding hydrogens is 307 g/mol. The van der Waals surface area contributed by atoms with Crippen molar-refractivity contribution < 1.29 is 27.4 Å². The molecule has 0 aromatic heterocycles. The molecule has 1 aromatic rings. The van der Waals surface area contributed by atoms with Gasteiger partial charge < -0.3 is 15.2 Å². The van der Waals surface area contributed by atoms with Crippen LogP contribution in [0.5, 0.6) is 5.75 Å². The Bertz CT molecular complexity index is 448. The van der Waals surface area contributed by atoms with E-state index in [2.05, 4.69) is 25.4 Å². The first-order valence-electron chi connectivity index (χ1n) is 4.18. The molecule has 94 valence electrons. The largest absolute Gasteiger partial charge is 0.573 e. The summed E-state index contributed by atoms with van der Waals surface area (Å²) in [5.74, 6) is -1.76. The summed E-state index contributed by atoms with van der Waals surface area (Å²) < 4.78 is 44.6. The molecule has 0 unspecified atom stereocenters. The number of halogens is 4. The molecule has 0 aliphatic carbocycles. The van der Waals surface area contributed by atoms with E-state index in [1.807, 2.05) is 0 Å². The number of nitrogen functional groups attached to an aromatic ring is 1. The number of carbonyl (C=O) groups is 1. The maximum Gasteiger partial charge on any atom is 0.573 e. The lowest BCUT2D eigenvalue weighted by atomic mass is 10.2. The second kappa shape index (κ2) is 4.82. The van der Waals surface area contributed by atoms with Crippen LogP contribution in [0.3, 0.4) is 0 Å². The van der Waals surface area contributed by atoms with Gasteiger partial charge in [0.2, 0.25) is 0 Å². The van der Waals surface area contributed by atoms with E-state index in [-0.39, 0.29) is 10.2 Å². The van der Waals surface area contributed by atoms with Gasteiger partial charge in [-0.2, -0.15) is 0 Å². The van der Waals surface area contributed by atoms with Crippen molar-refractivity contribution in [2.24, 2.45) is 0 Å². The van der Waals surface area contributed by atoms with E-state index in [4.69, 9.17) is 5.73 Å². The Kier molecular flexibility index (Phi) is 3.87. The van der Waals surface area contributed by atoms with Gasteiger partial charge in [-0.05, 0) is 28.1 Å². The third kappa shape index (κ3) is 3.26. The first-order valence-corrected chi connectivity index (χ1v) is 4.97. The van der Waals surface area contributed by atoms with Crippen LogP contribution in [-0.4, -0.2) is 19.4 Å². The Morgan fingerprint density at radius 2 is 2.00 bits per heavy atom. The van der Waals surface area contributed by atoms with Gasteiger partial charge in [-0.15, -0.1) is 13.2 Å². The molecule has 8 heteroatoms. The van der Waals surface area contributed by atoms with E-state index in [0.29, 0.717) is 0 Å². The molecule has 1 aromatic carbocycles. The summed E-state index contributed by atoms with van der Waals surface area (Å²) in [5, 5.41) is 0. The number of nitrogens with two attached hydrogens (primary N) is 1. The number of methoxy groups -OCH3 is 1. The third-order valence-corrected chi connectivity index (χ3v) is 2.41. The molecule has 0 aliphatic heterocycles. The molecule has 0 heterocycles. The number of hydrogen-bond donors (Lipinski definition) is 1. The number of ether oxygens (including phenoxy) is 2. The summed E-state index contributed by atoms with van der Waals surface area (Å²) in [6.07, 6.45) is -4.95. The van der Waals surface area contributed by atoms with Crippen molar-refractivity contribution in [2.75, 3.05) is 12.8 Å². The smallest absolute Gasteiger partial charge is 0.465 e. The molecule has 0 bridgehead atoms. The van der Waals surface area contributed by atoms with Crippen molar-refractivity contribution in [3.8, 4) is 5.75 Å². The molecule has 0 amide bonds. The Hall–Kier alpha value is -1.44. The summed E-state index contributed by atoms with van der Waals surface area (Å²) in [5.41, 5.74) is 4.61. The van der Waals surface area contributed by atoms with E-state index in [9.17, 15) is 18.0 Å². The van der Waals surface area contributed by atoms with Gasteiger partial charge in [0.1, 0.15) is 5.56 Å². The van der Waals surface area contributed by atoms with E-state index < -0.39 is 23.6 Å². The first-order chi connectivity index (χ1) is 7.76. The zero-order valence-corrected chi connectivity index (χ0v) is 10.1. The highest BCUT2D eigenvalue weighted by Crippen LogP contribution is 2.36. The quantitative estimate of drug-likeness (QED) is 0.673. The summed E-state index contributed by atoms with van der Waals surface area (Å²) in [4.78, 5) is 11.3. The predicted octanol–water partition coefficient (Wildman–Crippen LogP) is 2.72. The molecule has 17 heavy (non-hydrogen) atoms. The first kappa shape index (κ1) is 13.6. The van der Waals surface area contributed by atoms with Gasteiger partial charge >= 0.3 is 12.3 Å². The summed E-state index contributed by atoms with van der Waals surface area (Å²) in [6.45, 7) is 0.